The van der Waals surface area contributed by atoms with E-state index in [9.17, 15) is 10.2 Å². The van der Waals surface area contributed by atoms with E-state index >= 15 is 0 Å². The molecule has 104 valence electrons. The fourth-order valence-electron chi connectivity index (χ4n) is 2.36. The van der Waals surface area contributed by atoms with Crippen LogP contribution in [-0.4, -0.2) is 51.7 Å². The second-order valence-corrected chi connectivity index (χ2v) is 6.31. The molecule has 0 amide bonds. The molecular formula is C12H22N2O3S. The summed E-state index contributed by atoms with van der Waals surface area (Å²) in [6.07, 6.45) is -1.17. The molecule has 5 nitrogen and oxygen atoms in total. The number of nitrogens with zero attached hydrogens (tertiary/aromatic N) is 1. The summed E-state index contributed by atoms with van der Waals surface area (Å²) in [6, 6.07) is -0.265. The molecule has 6 heteroatoms. The van der Waals surface area contributed by atoms with E-state index in [0.29, 0.717) is 12.5 Å². The Morgan fingerprint density at radius 2 is 2.11 bits per heavy atom. The molecule has 0 radical (unpaired) electrons. The van der Waals surface area contributed by atoms with Gasteiger partial charge in [0.1, 0.15) is 17.6 Å². The van der Waals surface area contributed by atoms with Crippen LogP contribution in [-0.2, 0) is 4.74 Å². The van der Waals surface area contributed by atoms with Crippen molar-refractivity contribution in [3.05, 3.63) is 0 Å². The molecule has 18 heavy (non-hydrogen) atoms. The smallest absolute Gasteiger partial charge is 0.159 e. The third-order valence-corrected chi connectivity index (χ3v) is 4.33. The molecule has 2 fully saturated rings. The second-order valence-electron chi connectivity index (χ2n) is 5.22. The van der Waals surface area contributed by atoms with Crippen molar-refractivity contribution in [1.29, 1.82) is 0 Å². The van der Waals surface area contributed by atoms with Crippen LogP contribution < -0.4 is 5.32 Å². The number of rotatable bonds is 3. The molecule has 5 atom stereocenters. The molecule has 3 N–H and O–H groups in total. The predicted molar refractivity (Wildman–Crippen MR) is 72.6 cm³/mol. The molecular weight excluding hydrogens is 252 g/mol. The summed E-state index contributed by atoms with van der Waals surface area (Å²) in [6.45, 7) is 6.82. The maximum absolute atomic E-state index is 10.2. The lowest BCUT2D eigenvalue weighted by atomic mass is 9.92. The van der Waals surface area contributed by atoms with Crippen molar-refractivity contribution in [2.75, 3.05) is 6.54 Å². The van der Waals surface area contributed by atoms with Crippen LogP contribution in [0.2, 0.25) is 0 Å². The lowest BCUT2D eigenvalue weighted by molar-refractivity contribution is -0.160. The van der Waals surface area contributed by atoms with E-state index in [1.54, 1.807) is 0 Å². The van der Waals surface area contributed by atoms with E-state index in [-0.39, 0.29) is 17.6 Å². The third kappa shape index (κ3) is 2.82. The van der Waals surface area contributed by atoms with Crippen LogP contribution in [0.4, 0.5) is 0 Å². The van der Waals surface area contributed by atoms with Crippen LogP contribution in [0.5, 0.6) is 0 Å². The van der Waals surface area contributed by atoms with Crippen molar-refractivity contribution in [3.8, 4) is 0 Å². The minimum Gasteiger partial charge on any atom is -0.388 e. The Labute approximate surface area is 112 Å². The Kier molecular flexibility index (Phi) is 4.53. The van der Waals surface area contributed by atoms with Gasteiger partial charge in [-0.25, -0.2) is 0 Å². The lowest BCUT2D eigenvalue weighted by Crippen LogP contribution is -2.59. The fourth-order valence-corrected chi connectivity index (χ4v) is 3.56. The molecule has 2 aliphatic heterocycles. The summed E-state index contributed by atoms with van der Waals surface area (Å²) in [5.74, 6) is 0.427. The Morgan fingerprint density at radius 3 is 2.72 bits per heavy atom. The minimum absolute atomic E-state index is 0.155. The number of nitrogens with one attached hydrogen (secondary N) is 1. The molecule has 0 spiro atoms. The van der Waals surface area contributed by atoms with Gasteiger partial charge in [-0.2, -0.15) is 0 Å². The zero-order valence-corrected chi connectivity index (χ0v) is 11.9. The van der Waals surface area contributed by atoms with Gasteiger partial charge in [-0.15, -0.1) is 0 Å². The summed E-state index contributed by atoms with van der Waals surface area (Å²) in [5, 5.41) is 24.2. The summed E-state index contributed by atoms with van der Waals surface area (Å²) in [4.78, 5) is 4.29. The minimum atomic E-state index is -0.831. The fraction of sp³-hybridized carbons (Fsp3) is 0.917. The quantitative estimate of drug-likeness (QED) is 0.701. The van der Waals surface area contributed by atoms with Crippen molar-refractivity contribution >= 4 is 16.9 Å². The molecule has 2 heterocycles. The highest BCUT2D eigenvalue weighted by molar-refractivity contribution is 8.14. The van der Waals surface area contributed by atoms with Gasteiger partial charge in [0.15, 0.2) is 5.17 Å². The second kappa shape index (κ2) is 5.77. The van der Waals surface area contributed by atoms with E-state index in [2.05, 4.69) is 24.2 Å². The van der Waals surface area contributed by atoms with Crippen LogP contribution >= 0.6 is 11.8 Å². The van der Waals surface area contributed by atoms with Gasteiger partial charge >= 0.3 is 0 Å². The number of aliphatic hydroxyl groups excluding tert-OH is 2. The van der Waals surface area contributed by atoms with Crippen LogP contribution in [0.1, 0.15) is 27.2 Å². The molecule has 0 aliphatic carbocycles. The first-order valence-corrected chi connectivity index (χ1v) is 7.40. The summed E-state index contributed by atoms with van der Waals surface area (Å²) < 4.78 is 5.89. The van der Waals surface area contributed by atoms with E-state index in [4.69, 9.17) is 4.74 Å². The number of aliphatic hydroxyl groups is 2. The topological polar surface area (TPSA) is 74.1 Å². The van der Waals surface area contributed by atoms with Crippen LogP contribution in [0, 0.1) is 5.92 Å². The maximum atomic E-state index is 10.2. The first-order chi connectivity index (χ1) is 8.52. The number of hydrogen-bond donors (Lipinski definition) is 3. The molecule has 2 saturated heterocycles. The predicted octanol–water partition coefficient (Wildman–Crippen LogP) is 0.560. The average Bonchev–Trinajstić information content (AvgIpc) is 2.68. The molecule has 0 aromatic carbocycles. The zero-order valence-electron chi connectivity index (χ0n) is 11.0. The molecule has 2 aliphatic rings. The number of ether oxygens (including phenoxy) is 1. The first kappa shape index (κ1) is 14.1. The largest absolute Gasteiger partial charge is 0.388 e. The molecule has 0 aromatic rings. The van der Waals surface area contributed by atoms with Crippen LogP contribution in [0.25, 0.3) is 0 Å². The maximum Gasteiger partial charge on any atom is 0.159 e. The summed E-state index contributed by atoms with van der Waals surface area (Å²) >= 11 is 1.50. The van der Waals surface area contributed by atoms with Crippen LogP contribution in [0.15, 0.2) is 4.99 Å². The molecule has 0 bridgehead atoms. The van der Waals surface area contributed by atoms with Gasteiger partial charge in [0.25, 0.3) is 0 Å². The average molecular weight is 274 g/mol. The van der Waals surface area contributed by atoms with Crippen molar-refractivity contribution in [3.63, 3.8) is 0 Å². The Bertz CT molecular complexity index is 324. The highest BCUT2D eigenvalue weighted by Crippen LogP contribution is 2.35. The number of fused-ring (bicyclic) bond motifs is 1. The monoisotopic (exact) mass is 274 g/mol. The molecule has 5 unspecified atom stereocenters. The van der Waals surface area contributed by atoms with Gasteiger partial charge in [-0.1, -0.05) is 25.6 Å². The van der Waals surface area contributed by atoms with Gasteiger partial charge in [-0.3, -0.25) is 4.99 Å². The first-order valence-electron chi connectivity index (χ1n) is 6.52. The van der Waals surface area contributed by atoms with Crippen molar-refractivity contribution in [2.24, 2.45) is 10.9 Å². The van der Waals surface area contributed by atoms with Gasteiger partial charge in [-0.05, 0) is 19.3 Å². The van der Waals surface area contributed by atoms with Gasteiger partial charge < -0.3 is 20.3 Å². The zero-order chi connectivity index (χ0) is 13.3. The summed E-state index contributed by atoms with van der Waals surface area (Å²) in [7, 11) is 0. The molecule has 0 aromatic heterocycles. The number of thioether (sulfide) groups is 1. The van der Waals surface area contributed by atoms with E-state index < -0.39 is 12.2 Å². The number of hydrogen-bond acceptors (Lipinski definition) is 5. The Morgan fingerprint density at radius 1 is 1.39 bits per heavy atom. The summed E-state index contributed by atoms with van der Waals surface area (Å²) in [5.41, 5.74) is -0.155. The number of aliphatic imine (C=N–C) groups is 1. The standard InChI is InChI=1S/C12H22N2O3S/c1-4-13-12-14-8-10(16)9(15)7(5-6(2)3)17-11(8)18-12/h6-11,15-16H,4-5H2,1-3H3,(H,13,14). The highest BCUT2D eigenvalue weighted by Gasteiger charge is 2.48. The van der Waals surface area contributed by atoms with Gasteiger partial charge in [0.2, 0.25) is 0 Å². The Balaban J connectivity index is 2.06. The van der Waals surface area contributed by atoms with Gasteiger partial charge in [0, 0.05) is 6.54 Å². The van der Waals surface area contributed by atoms with E-state index in [0.717, 1.165) is 11.6 Å². The van der Waals surface area contributed by atoms with Crippen molar-refractivity contribution < 1.29 is 14.9 Å². The Hall–Kier alpha value is -0.300. The van der Waals surface area contributed by atoms with Crippen LogP contribution in [0.3, 0.4) is 0 Å². The SMILES string of the molecule is CCN=C1NC2C(OC(CC(C)C)C(O)C2O)S1. The van der Waals surface area contributed by atoms with Crippen molar-refractivity contribution in [1.82, 2.24) is 5.32 Å². The molecule has 2 rings (SSSR count). The lowest BCUT2D eigenvalue weighted by Gasteiger charge is -2.39. The number of amidine groups is 1. The highest BCUT2D eigenvalue weighted by atomic mass is 32.2. The molecule has 0 saturated carbocycles. The van der Waals surface area contributed by atoms with Crippen molar-refractivity contribution in [2.45, 2.75) is 57.0 Å². The third-order valence-electron chi connectivity index (χ3n) is 3.22. The van der Waals surface area contributed by atoms with E-state index in [1.165, 1.54) is 11.8 Å². The van der Waals surface area contributed by atoms with E-state index in [1.807, 2.05) is 6.92 Å². The normalized spacial score (nSPS) is 42.1. The van der Waals surface area contributed by atoms with Gasteiger partial charge in [0.05, 0.1) is 12.1 Å².